The lowest BCUT2D eigenvalue weighted by Crippen LogP contribution is -2.25. The van der Waals surface area contributed by atoms with Crippen LogP contribution in [0.2, 0.25) is 5.15 Å². The zero-order chi connectivity index (χ0) is 10.8. The van der Waals surface area contributed by atoms with Gasteiger partial charge < -0.3 is 0 Å². The minimum Gasteiger partial charge on any atom is -0.296 e. The van der Waals surface area contributed by atoms with Crippen molar-refractivity contribution in [1.29, 1.82) is 0 Å². The second-order valence-corrected chi connectivity index (χ2v) is 4.24. The average molecular weight is 245 g/mol. The third-order valence-electron chi connectivity index (χ3n) is 2.40. The van der Waals surface area contributed by atoms with Crippen molar-refractivity contribution in [3.05, 3.63) is 23.4 Å². The molecule has 1 aromatic rings. The van der Waals surface area contributed by atoms with Crippen LogP contribution in [0.3, 0.4) is 0 Å². The predicted octanol–water partition coefficient (Wildman–Crippen LogP) is 2.33. The molecule has 0 spiro atoms. The first-order valence-electron chi connectivity index (χ1n) is 4.69. The van der Waals surface area contributed by atoms with Crippen molar-refractivity contribution in [1.82, 2.24) is 4.98 Å². The fourth-order valence-corrected chi connectivity index (χ4v) is 2.02. The molecule has 1 atom stereocenters. The topological polar surface area (TPSA) is 33.2 Å². The molecule has 0 saturated carbocycles. The Labute approximate surface area is 98.0 Å². The van der Waals surface area contributed by atoms with Gasteiger partial charge in [0.25, 0.3) is 0 Å². The monoisotopic (exact) mass is 244 g/mol. The lowest BCUT2D eigenvalue weighted by molar-refractivity contribution is -0.117. The SMILES string of the molecule is O=C1CC(CCl)CN1c1cccc(Cl)n1. The molecule has 0 bridgehead atoms. The smallest absolute Gasteiger partial charge is 0.228 e. The second-order valence-electron chi connectivity index (χ2n) is 3.55. The van der Waals surface area contributed by atoms with E-state index in [-0.39, 0.29) is 11.8 Å². The summed E-state index contributed by atoms with van der Waals surface area (Å²) < 4.78 is 0. The van der Waals surface area contributed by atoms with Gasteiger partial charge in [-0.2, -0.15) is 0 Å². The Bertz CT molecular complexity index is 383. The number of nitrogens with zero attached hydrogens (tertiary/aromatic N) is 2. The molecule has 1 fully saturated rings. The second kappa shape index (κ2) is 4.37. The summed E-state index contributed by atoms with van der Waals surface area (Å²) in [5.74, 6) is 1.40. The van der Waals surface area contributed by atoms with Crippen LogP contribution in [0.5, 0.6) is 0 Å². The lowest BCUT2D eigenvalue weighted by Gasteiger charge is -2.14. The summed E-state index contributed by atoms with van der Waals surface area (Å²) in [7, 11) is 0. The van der Waals surface area contributed by atoms with E-state index in [9.17, 15) is 4.79 Å². The molecule has 5 heteroatoms. The van der Waals surface area contributed by atoms with Crippen LogP contribution in [0.15, 0.2) is 18.2 Å². The maximum Gasteiger partial charge on any atom is 0.228 e. The highest BCUT2D eigenvalue weighted by atomic mass is 35.5. The number of aromatic nitrogens is 1. The van der Waals surface area contributed by atoms with Crippen molar-refractivity contribution in [3.63, 3.8) is 0 Å². The molecule has 1 aromatic heterocycles. The highest BCUT2D eigenvalue weighted by Gasteiger charge is 2.30. The van der Waals surface area contributed by atoms with Gasteiger partial charge in [-0.3, -0.25) is 9.69 Å². The third-order valence-corrected chi connectivity index (χ3v) is 3.05. The number of alkyl halides is 1. The van der Waals surface area contributed by atoms with E-state index in [1.165, 1.54) is 0 Å². The lowest BCUT2D eigenvalue weighted by atomic mass is 10.1. The molecule has 2 rings (SSSR count). The summed E-state index contributed by atoms with van der Waals surface area (Å²) in [6, 6.07) is 5.25. The van der Waals surface area contributed by atoms with Crippen LogP contribution in [-0.4, -0.2) is 23.3 Å². The maximum absolute atomic E-state index is 11.6. The van der Waals surface area contributed by atoms with Crippen molar-refractivity contribution >= 4 is 34.9 Å². The Kier molecular flexibility index (Phi) is 3.12. The van der Waals surface area contributed by atoms with Crippen molar-refractivity contribution in [2.75, 3.05) is 17.3 Å². The highest BCUT2D eigenvalue weighted by Crippen LogP contribution is 2.24. The molecule has 1 saturated heterocycles. The van der Waals surface area contributed by atoms with E-state index in [2.05, 4.69) is 4.98 Å². The minimum absolute atomic E-state index is 0.0652. The van der Waals surface area contributed by atoms with Crippen LogP contribution < -0.4 is 4.90 Å². The molecule has 0 radical (unpaired) electrons. The number of carbonyl (C=O) groups is 1. The van der Waals surface area contributed by atoms with Crippen LogP contribution in [-0.2, 0) is 4.79 Å². The number of pyridine rings is 1. The van der Waals surface area contributed by atoms with Crippen molar-refractivity contribution in [3.8, 4) is 0 Å². The van der Waals surface area contributed by atoms with Crippen molar-refractivity contribution < 1.29 is 4.79 Å². The number of rotatable bonds is 2. The van der Waals surface area contributed by atoms with Crippen LogP contribution in [0.4, 0.5) is 5.82 Å². The van der Waals surface area contributed by atoms with E-state index < -0.39 is 0 Å². The summed E-state index contributed by atoms with van der Waals surface area (Å²) in [5, 5.41) is 0.398. The number of amides is 1. The first kappa shape index (κ1) is 10.7. The van der Waals surface area contributed by atoms with Gasteiger partial charge in [0.15, 0.2) is 0 Å². The van der Waals surface area contributed by atoms with Gasteiger partial charge in [0.05, 0.1) is 0 Å². The molecule has 1 aliphatic rings. The Morgan fingerprint density at radius 3 is 2.93 bits per heavy atom. The molecule has 80 valence electrons. The van der Waals surface area contributed by atoms with Gasteiger partial charge in [0.2, 0.25) is 5.91 Å². The molecule has 15 heavy (non-hydrogen) atoms. The van der Waals surface area contributed by atoms with E-state index in [4.69, 9.17) is 23.2 Å². The zero-order valence-electron chi connectivity index (χ0n) is 7.99. The summed E-state index contributed by atoms with van der Waals surface area (Å²) in [4.78, 5) is 17.4. The Morgan fingerprint density at radius 2 is 2.33 bits per heavy atom. The molecule has 2 heterocycles. The standard InChI is InChI=1S/C10H10Cl2N2O/c11-5-7-4-10(15)14(6-7)9-3-1-2-8(12)13-9/h1-3,7H,4-6H2. The largest absolute Gasteiger partial charge is 0.296 e. The van der Waals surface area contributed by atoms with Gasteiger partial charge in [-0.1, -0.05) is 17.7 Å². The highest BCUT2D eigenvalue weighted by molar-refractivity contribution is 6.29. The Hall–Kier alpha value is -0.800. The number of carbonyl (C=O) groups excluding carboxylic acids is 1. The van der Waals surface area contributed by atoms with Crippen molar-refractivity contribution in [2.45, 2.75) is 6.42 Å². The van der Waals surface area contributed by atoms with Gasteiger partial charge in [0.1, 0.15) is 11.0 Å². The van der Waals surface area contributed by atoms with Gasteiger partial charge in [-0.15, -0.1) is 11.6 Å². The molecule has 1 amide bonds. The molecule has 0 N–H and O–H groups in total. The van der Waals surface area contributed by atoms with Crippen LogP contribution in [0.25, 0.3) is 0 Å². The van der Waals surface area contributed by atoms with Gasteiger partial charge in [-0.05, 0) is 18.1 Å². The predicted molar refractivity (Wildman–Crippen MR) is 60.4 cm³/mol. The summed E-state index contributed by atoms with van der Waals surface area (Å²) in [6.45, 7) is 0.635. The first-order valence-corrected chi connectivity index (χ1v) is 5.61. The number of hydrogen-bond donors (Lipinski definition) is 0. The summed E-state index contributed by atoms with van der Waals surface area (Å²) >= 11 is 11.5. The number of anilines is 1. The van der Waals surface area contributed by atoms with E-state index in [0.29, 0.717) is 29.8 Å². The fraction of sp³-hybridized carbons (Fsp3) is 0.400. The van der Waals surface area contributed by atoms with E-state index >= 15 is 0 Å². The number of halogens is 2. The van der Waals surface area contributed by atoms with Gasteiger partial charge in [0, 0.05) is 18.8 Å². The molecule has 0 aliphatic carbocycles. The van der Waals surface area contributed by atoms with E-state index in [1.54, 1.807) is 23.1 Å². The Balaban J connectivity index is 2.21. The van der Waals surface area contributed by atoms with Crippen molar-refractivity contribution in [2.24, 2.45) is 5.92 Å². The summed E-state index contributed by atoms with van der Waals surface area (Å²) in [6.07, 6.45) is 0.498. The average Bonchev–Trinajstić information content (AvgIpc) is 2.60. The van der Waals surface area contributed by atoms with Crippen LogP contribution in [0, 0.1) is 5.92 Å². The van der Waals surface area contributed by atoms with E-state index in [1.807, 2.05) is 0 Å². The first-order chi connectivity index (χ1) is 7.20. The summed E-state index contributed by atoms with van der Waals surface area (Å²) in [5.41, 5.74) is 0. The molecule has 1 aliphatic heterocycles. The normalized spacial score (nSPS) is 21.1. The quantitative estimate of drug-likeness (QED) is 0.591. The third kappa shape index (κ3) is 2.24. The zero-order valence-corrected chi connectivity index (χ0v) is 9.50. The van der Waals surface area contributed by atoms with Crippen LogP contribution >= 0.6 is 23.2 Å². The van der Waals surface area contributed by atoms with Gasteiger partial charge >= 0.3 is 0 Å². The molecule has 1 unspecified atom stereocenters. The molecule has 0 aromatic carbocycles. The fourth-order valence-electron chi connectivity index (χ4n) is 1.65. The maximum atomic E-state index is 11.6. The number of hydrogen-bond acceptors (Lipinski definition) is 2. The van der Waals surface area contributed by atoms with Gasteiger partial charge in [-0.25, -0.2) is 4.98 Å². The van der Waals surface area contributed by atoms with E-state index in [0.717, 1.165) is 0 Å². The van der Waals surface area contributed by atoms with Crippen LogP contribution in [0.1, 0.15) is 6.42 Å². The molecule has 3 nitrogen and oxygen atoms in total. The molecular formula is C10H10Cl2N2O. The minimum atomic E-state index is 0.0652. The molecular weight excluding hydrogens is 235 g/mol. The Morgan fingerprint density at radius 1 is 1.53 bits per heavy atom.